The van der Waals surface area contributed by atoms with E-state index >= 15 is 0 Å². The van der Waals surface area contributed by atoms with Gasteiger partial charge in [0.2, 0.25) is 5.91 Å². The number of carbonyl (C=O) groups excluding carboxylic acids is 1. The molecule has 21 heavy (non-hydrogen) atoms. The maximum Gasteiger partial charge on any atom is 0.331 e. The first-order valence-corrected chi connectivity index (χ1v) is 6.84. The number of amides is 1. The summed E-state index contributed by atoms with van der Waals surface area (Å²) >= 11 is 0. The first-order chi connectivity index (χ1) is 9.91. The highest BCUT2D eigenvalue weighted by Gasteiger charge is 2.34. The Hall–Kier alpha value is -1.98. The largest absolute Gasteiger partial charge is 0.479 e. The highest BCUT2D eigenvalue weighted by atomic mass is 19.1. The number of benzene rings is 1. The summed E-state index contributed by atoms with van der Waals surface area (Å²) in [4.78, 5) is 24.4. The second kappa shape index (κ2) is 6.20. The fourth-order valence-corrected chi connectivity index (χ4v) is 2.49. The third kappa shape index (κ3) is 3.20. The van der Waals surface area contributed by atoms with E-state index in [1.807, 2.05) is 0 Å². The zero-order chi connectivity index (χ0) is 15.6. The molecule has 114 valence electrons. The summed E-state index contributed by atoms with van der Waals surface area (Å²) < 4.78 is 27.6. The van der Waals surface area contributed by atoms with Crippen molar-refractivity contribution in [1.29, 1.82) is 0 Å². The van der Waals surface area contributed by atoms with Crippen LogP contribution in [0.1, 0.15) is 37.3 Å². The highest BCUT2D eigenvalue weighted by Crippen LogP contribution is 2.32. The van der Waals surface area contributed by atoms with E-state index in [9.17, 15) is 23.5 Å². The fraction of sp³-hybridized carbons (Fsp3) is 0.467. The lowest BCUT2D eigenvalue weighted by atomic mass is 9.82. The van der Waals surface area contributed by atoms with Crippen molar-refractivity contribution in [3.05, 3.63) is 35.4 Å². The molecule has 1 amide bonds. The lowest BCUT2D eigenvalue weighted by Crippen LogP contribution is -2.38. The predicted octanol–water partition coefficient (Wildman–Crippen LogP) is 2.74. The number of likely N-dealkylation sites (N-methyl/N-ethyl adjacent to an activating group) is 1. The second-order valence-corrected chi connectivity index (χ2v) is 5.38. The summed E-state index contributed by atoms with van der Waals surface area (Å²) in [5.41, 5.74) is -0.602. The second-order valence-electron chi connectivity index (χ2n) is 5.38. The molecule has 1 aliphatic rings. The van der Waals surface area contributed by atoms with Gasteiger partial charge in [-0.2, -0.15) is 0 Å². The Labute approximate surface area is 121 Å². The minimum atomic E-state index is -1.65. The molecule has 1 aliphatic carbocycles. The molecule has 0 heterocycles. The van der Waals surface area contributed by atoms with Crippen LogP contribution in [0.4, 0.5) is 8.78 Å². The Balaban J connectivity index is 2.25. The Bertz CT molecular complexity index is 538. The first kappa shape index (κ1) is 15.4. The summed E-state index contributed by atoms with van der Waals surface area (Å²) in [5.74, 6) is -3.55. The molecule has 2 rings (SSSR count). The van der Waals surface area contributed by atoms with E-state index in [-0.39, 0.29) is 12.3 Å². The predicted molar refractivity (Wildman–Crippen MR) is 71.5 cm³/mol. The molecule has 1 aromatic carbocycles. The summed E-state index contributed by atoms with van der Waals surface area (Å²) in [6.07, 6.45) is 3.15. The van der Waals surface area contributed by atoms with Gasteiger partial charge in [-0.25, -0.2) is 13.6 Å². The van der Waals surface area contributed by atoms with E-state index in [0.29, 0.717) is 0 Å². The monoisotopic (exact) mass is 297 g/mol. The van der Waals surface area contributed by atoms with Crippen molar-refractivity contribution < 1.29 is 23.5 Å². The molecule has 1 aromatic rings. The van der Waals surface area contributed by atoms with Crippen LogP contribution in [0.3, 0.4) is 0 Å². The topological polar surface area (TPSA) is 57.6 Å². The van der Waals surface area contributed by atoms with Gasteiger partial charge < -0.3 is 10.0 Å². The van der Waals surface area contributed by atoms with Crippen molar-refractivity contribution >= 4 is 11.9 Å². The van der Waals surface area contributed by atoms with Crippen molar-refractivity contribution in [2.24, 2.45) is 5.92 Å². The quantitative estimate of drug-likeness (QED) is 0.909. The van der Waals surface area contributed by atoms with Gasteiger partial charge in [0, 0.05) is 13.5 Å². The molecule has 1 atom stereocenters. The molecule has 1 unspecified atom stereocenters. The average Bonchev–Trinajstić information content (AvgIpc) is 2.37. The minimum Gasteiger partial charge on any atom is -0.479 e. The van der Waals surface area contributed by atoms with Gasteiger partial charge in [-0.1, -0.05) is 12.5 Å². The van der Waals surface area contributed by atoms with Crippen molar-refractivity contribution in [1.82, 2.24) is 4.90 Å². The van der Waals surface area contributed by atoms with Gasteiger partial charge in [-0.15, -0.1) is 0 Å². The smallest absolute Gasteiger partial charge is 0.331 e. The number of carboxylic acid groups (broad SMARTS) is 1. The standard InChI is InChI=1S/C15H17F2NO3/c1-18(12(19)8-9-4-2-5-9)14(15(20)21)13-10(16)6-3-7-11(13)17/h3,6-7,9,14H,2,4-5,8H2,1H3,(H,20,21). The van der Waals surface area contributed by atoms with Crippen LogP contribution in [-0.2, 0) is 9.59 Å². The Morgan fingerprint density at radius 1 is 1.33 bits per heavy atom. The third-order valence-electron chi connectivity index (χ3n) is 3.98. The Kier molecular flexibility index (Phi) is 4.55. The summed E-state index contributed by atoms with van der Waals surface area (Å²) in [6.45, 7) is 0. The Morgan fingerprint density at radius 2 is 1.90 bits per heavy atom. The van der Waals surface area contributed by atoms with Crippen molar-refractivity contribution in [2.75, 3.05) is 7.05 Å². The van der Waals surface area contributed by atoms with Crippen LogP contribution < -0.4 is 0 Å². The summed E-state index contributed by atoms with van der Waals surface area (Å²) in [7, 11) is 1.27. The van der Waals surface area contributed by atoms with Gasteiger partial charge in [-0.3, -0.25) is 4.79 Å². The van der Waals surface area contributed by atoms with E-state index < -0.39 is 35.1 Å². The van der Waals surface area contributed by atoms with Crippen molar-refractivity contribution in [2.45, 2.75) is 31.7 Å². The molecule has 6 heteroatoms. The molecule has 0 spiro atoms. The van der Waals surface area contributed by atoms with Gasteiger partial charge in [-0.05, 0) is 30.9 Å². The maximum atomic E-state index is 13.8. The van der Waals surface area contributed by atoms with E-state index in [4.69, 9.17) is 0 Å². The number of halogens is 2. The average molecular weight is 297 g/mol. The number of hydrogen-bond acceptors (Lipinski definition) is 2. The molecule has 0 saturated heterocycles. The Morgan fingerprint density at radius 3 is 2.33 bits per heavy atom. The highest BCUT2D eigenvalue weighted by molar-refractivity contribution is 5.84. The number of carboxylic acids is 1. The minimum absolute atomic E-state index is 0.219. The van der Waals surface area contributed by atoms with E-state index in [0.717, 1.165) is 42.4 Å². The number of aliphatic carboxylic acids is 1. The molecule has 1 saturated carbocycles. The SMILES string of the molecule is CN(C(=O)CC1CCC1)C(C(=O)O)c1c(F)cccc1F. The fourth-order valence-electron chi connectivity index (χ4n) is 2.49. The normalized spacial score (nSPS) is 16.1. The zero-order valence-electron chi connectivity index (χ0n) is 11.7. The van der Waals surface area contributed by atoms with Crippen LogP contribution >= 0.6 is 0 Å². The van der Waals surface area contributed by atoms with Gasteiger partial charge in [0.15, 0.2) is 6.04 Å². The summed E-state index contributed by atoms with van der Waals surface area (Å²) in [6, 6.07) is 1.47. The number of nitrogens with zero attached hydrogens (tertiary/aromatic N) is 1. The van der Waals surface area contributed by atoms with Crippen LogP contribution in [0.25, 0.3) is 0 Å². The molecule has 4 nitrogen and oxygen atoms in total. The molecular weight excluding hydrogens is 280 g/mol. The number of hydrogen-bond donors (Lipinski definition) is 1. The van der Waals surface area contributed by atoms with Crippen LogP contribution in [-0.4, -0.2) is 28.9 Å². The molecule has 0 radical (unpaired) electrons. The lowest BCUT2D eigenvalue weighted by molar-refractivity contribution is -0.150. The third-order valence-corrected chi connectivity index (χ3v) is 3.98. The number of rotatable bonds is 5. The van der Waals surface area contributed by atoms with Crippen LogP contribution in [0.5, 0.6) is 0 Å². The number of carbonyl (C=O) groups is 2. The van der Waals surface area contributed by atoms with Crippen LogP contribution in [0.15, 0.2) is 18.2 Å². The van der Waals surface area contributed by atoms with E-state index in [1.54, 1.807) is 0 Å². The van der Waals surface area contributed by atoms with Gasteiger partial charge >= 0.3 is 5.97 Å². The van der Waals surface area contributed by atoms with Gasteiger partial charge in [0.05, 0.1) is 5.56 Å². The van der Waals surface area contributed by atoms with Crippen LogP contribution in [0.2, 0.25) is 0 Å². The first-order valence-electron chi connectivity index (χ1n) is 6.84. The molecule has 0 bridgehead atoms. The van der Waals surface area contributed by atoms with Gasteiger partial charge in [0.25, 0.3) is 0 Å². The molecule has 1 N–H and O–H groups in total. The van der Waals surface area contributed by atoms with Crippen molar-refractivity contribution in [3.8, 4) is 0 Å². The van der Waals surface area contributed by atoms with Crippen molar-refractivity contribution in [3.63, 3.8) is 0 Å². The molecule has 0 aromatic heterocycles. The molecular formula is C15H17F2NO3. The van der Waals surface area contributed by atoms with E-state index in [1.165, 1.54) is 7.05 Å². The molecule has 1 fully saturated rings. The lowest BCUT2D eigenvalue weighted by Gasteiger charge is -2.30. The van der Waals surface area contributed by atoms with Gasteiger partial charge in [0.1, 0.15) is 11.6 Å². The maximum absolute atomic E-state index is 13.8. The van der Waals surface area contributed by atoms with Crippen LogP contribution in [0, 0.1) is 17.6 Å². The summed E-state index contributed by atoms with van der Waals surface area (Å²) in [5, 5.41) is 9.27. The molecule has 0 aliphatic heterocycles. The van der Waals surface area contributed by atoms with E-state index in [2.05, 4.69) is 0 Å². The zero-order valence-corrected chi connectivity index (χ0v) is 11.7.